The maximum atomic E-state index is 12.1. The average Bonchev–Trinajstić information content (AvgIpc) is 2.55. The summed E-state index contributed by atoms with van der Waals surface area (Å²) in [7, 11) is 1.67. The molecular weight excluding hydrogens is 276 g/mol. The molecule has 4 heteroatoms. The average molecular weight is 296 g/mol. The second kappa shape index (κ2) is 7.41. The molecule has 22 heavy (non-hydrogen) atoms. The van der Waals surface area contributed by atoms with Gasteiger partial charge in [-0.25, -0.2) is 0 Å². The Morgan fingerprint density at radius 2 is 1.64 bits per heavy atom. The summed E-state index contributed by atoms with van der Waals surface area (Å²) < 4.78 is 0. The first-order chi connectivity index (χ1) is 10.6. The zero-order valence-electron chi connectivity index (χ0n) is 12.9. The van der Waals surface area contributed by atoms with E-state index in [1.54, 1.807) is 7.05 Å². The lowest BCUT2D eigenvalue weighted by Crippen LogP contribution is -2.30. The third-order valence-corrected chi connectivity index (χ3v) is 3.48. The van der Waals surface area contributed by atoms with Crippen LogP contribution in [-0.2, 0) is 16.0 Å². The molecule has 2 aromatic rings. The van der Waals surface area contributed by atoms with E-state index in [2.05, 4.69) is 12.2 Å². The normalized spacial score (nSPS) is 10.1. The number of benzene rings is 2. The van der Waals surface area contributed by atoms with Crippen molar-refractivity contribution >= 4 is 23.2 Å². The lowest BCUT2D eigenvalue weighted by molar-refractivity contribution is -0.125. The van der Waals surface area contributed by atoms with Crippen LogP contribution in [0.2, 0.25) is 0 Å². The van der Waals surface area contributed by atoms with Crippen LogP contribution in [0.3, 0.4) is 0 Å². The van der Waals surface area contributed by atoms with Gasteiger partial charge in [-0.05, 0) is 36.2 Å². The zero-order chi connectivity index (χ0) is 15.9. The number of amides is 2. The molecule has 2 aromatic carbocycles. The summed E-state index contributed by atoms with van der Waals surface area (Å²) in [6, 6.07) is 16.9. The van der Waals surface area contributed by atoms with Gasteiger partial charge in [0.15, 0.2) is 0 Å². The van der Waals surface area contributed by atoms with Crippen molar-refractivity contribution < 1.29 is 9.59 Å². The summed E-state index contributed by atoms with van der Waals surface area (Å²) in [6.07, 6.45) is 0.773. The van der Waals surface area contributed by atoms with Crippen LogP contribution >= 0.6 is 0 Å². The second-order valence-electron chi connectivity index (χ2n) is 5.06. The van der Waals surface area contributed by atoms with E-state index in [0.29, 0.717) is 5.69 Å². The van der Waals surface area contributed by atoms with Gasteiger partial charge in [-0.1, -0.05) is 37.3 Å². The van der Waals surface area contributed by atoms with Gasteiger partial charge in [-0.15, -0.1) is 0 Å². The SMILES string of the molecule is CCc1ccc(NC(=O)CC(=O)N(C)c2ccccc2)cc1. The molecule has 0 heterocycles. The molecule has 4 nitrogen and oxygen atoms in total. The number of carbonyl (C=O) groups excluding carboxylic acids is 2. The number of anilines is 2. The zero-order valence-corrected chi connectivity index (χ0v) is 12.9. The minimum atomic E-state index is -0.308. The van der Waals surface area contributed by atoms with Crippen LogP contribution in [0.1, 0.15) is 18.9 Å². The number of carbonyl (C=O) groups is 2. The molecule has 114 valence electrons. The molecule has 0 bridgehead atoms. The third kappa shape index (κ3) is 4.19. The highest BCUT2D eigenvalue weighted by Crippen LogP contribution is 2.13. The molecule has 0 aromatic heterocycles. The highest BCUT2D eigenvalue weighted by molar-refractivity contribution is 6.08. The van der Waals surface area contributed by atoms with E-state index in [1.807, 2.05) is 54.6 Å². The van der Waals surface area contributed by atoms with Crippen molar-refractivity contribution in [3.8, 4) is 0 Å². The van der Waals surface area contributed by atoms with E-state index in [1.165, 1.54) is 10.5 Å². The Morgan fingerprint density at radius 1 is 1.00 bits per heavy atom. The molecular formula is C18H20N2O2. The molecule has 0 spiro atoms. The maximum absolute atomic E-state index is 12.1. The number of para-hydroxylation sites is 1. The molecule has 0 aliphatic heterocycles. The highest BCUT2D eigenvalue weighted by atomic mass is 16.2. The van der Waals surface area contributed by atoms with Crippen molar-refractivity contribution in [1.29, 1.82) is 0 Å². The highest BCUT2D eigenvalue weighted by Gasteiger charge is 2.15. The Hall–Kier alpha value is -2.62. The lowest BCUT2D eigenvalue weighted by atomic mass is 10.1. The van der Waals surface area contributed by atoms with Gasteiger partial charge >= 0.3 is 0 Å². The van der Waals surface area contributed by atoms with Gasteiger partial charge in [0, 0.05) is 18.4 Å². The van der Waals surface area contributed by atoms with E-state index in [0.717, 1.165) is 12.1 Å². The number of rotatable bonds is 5. The van der Waals surface area contributed by atoms with Crippen LogP contribution in [0, 0.1) is 0 Å². The first-order valence-electron chi connectivity index (χ1n) is 7.30. The standard InChI is InChI=1S/C18H20N2O2/c1-3-14-9-11-15(12-10-14)19-17(21)13-18(22)20(2)16-7-5-4-6-8-16/h4-12H,3,13H2,1-2H3,(H,19,21). The molecule has 0 aliphatic carbocycles. The molecule has 0 saturated heterocycles. The lowest BCUT2D eigenvalue weighted by Gasteiger charge is -2.17. The first-order valence-corrected chi connectivity index (χ1v) is 7.30. The van der Waals surface area contributed by atoms with Gasteiger partial charge in [-0.2, -0.15) is 0 Å². The van der Waals surface area contributed by atoms with Crippen LogP contribution in [0.5, 0.6) is 0 Å². The van der Waals surface area contributed by atoms with Crippen LogP contribution in [0.25, 0.3) is 0 Å². The predicted octanol–water partition coefficient (Wildman–Crippen LogP) is 3.24. The Labute approximate surface area is 130 Å². The number of aryl methyl sites for hydroxylation is 1. The van der Waals surface area contributed by atoms with Gasteiger partial charge in [0.05, 0.1) is 0 Å². The van der Waals surface area contributed by atoms with E-state index < -0.39 is 0 Å². The van der Waals surface area contributed by atoms with Gasteiger partial charge in [0.2, 0.25) is 11.8 Å². The van der Waals surface area contributed by atoms with E-state index >= 15 is 0 Å². The van der Waals surface area contributed by atoms with Gasteiger partial charge in [0.25, 0.3) is 0 Å². The molecule has 0 radical (unpaired) electrons. The van der Waals surface area contributed by atoms with Crippen molar-refractivity contribution in [3.05, 3.63) is 60.2 Å². The largest absolute Gasteiger partial charge is 0.326 e. The van der Waals surface area contributed by atoms with Gasteiger partial charge in [0.1, 0.15) is 6.42 Å². The van der Waals surface area contributed by atoms with Gasteiger partial charge < -0.3 is 10.2 Å². The second-order valence-corrected chi connectivity index (χ2v) is 5.06. The Bertz CT molecular complexity index is 636. The van der Waals surface area contributed by atoms with Crippen LogP contribution in [0.4, 0.5) is 11.4 Å². The summed E-state index contributed by atoms with van der Waals surface area (Å²) in [5.74, 6) is -0.550. The Kier molecular flexibility index (Phi) is 5.31. The van der Waals surface area contributed by atoms with Crippen LogP contribution in [-0.4, -0.2) is 18.9 Å². The molecule has 1 N–H and O–H groups in total. The van der Waals surface area contributed by atoms with Crippen molar-refractivity contribution in [2.75, 3.05) is 17.3 Å². The fourth-order valence-corrected chi connectivity index (χ4v) is 2.08. The van der Waals surface area contributed by atoms with Crippen molar-refractivity contribution in [2.45, 2.75) is 19.8 Å². The third-order valence-electron chi connectivity index (χ3n) is 3.48. The molecule has 0 atom stereocenters. The molecule has 0 saturated carbocycles. The smallest absolute Gasteiger partial charge is 0.236 e. The number of hydrogen-bond acceptors (Lipinski definition) is 2. The van der Waals surface area contributed by atoms with E-state index in [-0.39, 0.29) is 18.2 Å². The number of hydrogen-bond donors (Lipinski definition) is 1. The minimum Gasteiger partial charge on any atom is -0.326 e. The summed E-state index contributed by atoms with van der Waals surface area (Å²) in [6.45, 7) is 2.08. The first kappa shape index (κ1) is 15.8. The fourth-order valence-electron chi connectivity index (χ4n) is 2.08. The topological polar surface area (TPSA) is 49.4 Å². The summed E-state index contributed by atoms with van der Waals surface area (Å²) in [4.78, 5) is 25.6. The van der Waals surface area contributed by atoms with E-state index in [9.17, 15) is 9.59 Å². The maximum Gasteiger partial charge on any atom is 0.236 e. The Morgan fingerprint density at radius 3 is 2.23 bits per heavy atom. The summed E-state index contributed by atoms with van der Waals surface area (Å²) in [5, 5.41) is 2.74. The molecule has 0 fully saturated rings. The monoisotopic (exact) mass is 296 g/mol. The Balaban J connectivity index is 1.92. The van der Waals surface area contributed by atoms with E-state index in [4.69, 9.17) is 0 Å². The minimum absolute atomic E-state index is 0.180. The summed E-state index contributed by atoms with van der Waals surface area (Å²) >= 11 is 0. The summed E-state index contributed by atoms with van der Waals surface area (Å²) in [5.41, 5.74) is 2.68. The number of nitrogens with zero attached hydrogens (tertiary/aromatic N) is 1. The number of nitrogens with one attached hydrogen (secondary N) is 1. The molecule has 0 aliphatic rings. The molecule has 0 unspecified atom stereocenters. The van der Waals surface area contributed by atoms with Crippen LogP contribution in [0.15, 0.2) is 54.6 Å². The molecule has 2 amide bonds. The predicted molar refractivity (Wildman–Crippen MR) is 88.9 cm³/mol. The molecule has 2 rings (SSSR count). The quantitative estimate of drug-likeness (QED) is 0.861. The van der Waals surface area contributed by atoms with Crippen molar-refractivity contribution in [1.82, 2.24) is 0 Å². The van der Waals surface area contributed by atoms with Crippen LogP contribution < -0.4 is 10.2 Å². The fraction of sp³-hybridized carbons (Fsp3) is 0.222. The van der Waals surface area contributed by atoms with Crippen molar-refractivity contribution in [3.63, 3.8) is 0 Å². The van der Waals surface area contributed by atoms with Gasteiger partial charge in [-0.3, -0.25) is 9.59 Å². The van der Waals surface area contributed by atoms with Crippen molar-refractivity contribution in [2.24, 2.45) is 0 Å².